The van der Waals surface area contributed by atoms with Gasteiger partial charge in [-0.15, -0.1) is 0 Å². The minimum atomic E-state index is 0.500. The van der Waals surface area contributed by atoms with E-state index in [4.69, 9.17) is 10.5 Å². The van der Waals surface area contributed by atoms with Gasteiger partial charge in [0.25, 0.3) is 0 Å². The van der Waals surface area contributed by atoms with Crippen molar-refractivity contribution in [1.82, 2.24) is 4.90 Å². The van der Waals surface area contributed by atoms with Crippen LogP contribution in [-0.4, -0.2) is 30.6 Å². The Morgan fingerprint density at radius 1 is 1.25 bits per heavy atom. The maximum absolute atomic E-state index is 5.74. The lowest BCUT2D eigenvalue weighted by molar-refractivity contribution is 0.172. The molecule has 3 heteroatoms. The quantitative estimate of drug-likeness (QED) is 0.790. The fourth-order valence-electron chi connectivity index (χ4n) is 2.07. The molecule has 1 fully saturated rings. The van der Waals surface area contributed by atoms with Crippen molar-refractivity contribution in [3.05, 3.63) is 24.3 Å². The van der Waals surface area contributed by atoms with Crippen LogP contribution in [0.5, 0.6) is 5.75 Å². The number of hydrogen-bond acceptors (Lipinski definition) is 3. The van der Waals surface area contributed by atoms with E-state index in [2.05, 4.69) is 11.8 Å². The van der Waals surface area contributed by atoms with Crippen LogP contribution in [0, 0.1) is 0 Å². The maximum atomic E-state index is 5.74. The minimum Gasteiger partial charge on any atom is -0.492 e. The Bertz CT molecular complexity index is 317. The zero-order valence-corrected chi connectivity index (χ0v) is 9.86. The van der Waals surface area contributed by atoms with E-state index in [1.54, 1.807) is 0 Å². The van der Waals surface area contributed by atoms with Crippen molar-refractivity contribution in [2.75, 3.05) is 25.4 Å². The summed E-state index contributed by atoms with van der Waals surface area (Å²) >= 11 is 0. The summed E-state index contributed by atoms with van der Waals surface area (Å²) in [5, 5.41) is 0. The number of nitrogen functional groups attached to an aromatic ring is 1. The number of nitrogens with two attached hydrogens (primary N) is 1. The highest BCUT2D eigenvalue weighted by molar-refractivity contribution is 5.41. The molecule has 0 amide bonds. The molecular formula is C13H20N2O. The second kappa shape index (κ2) is 5.21. The van der Waals surface area contributed by atoms with Crippen molar-refractivity contribution in [2.24, 2.45) is 0 Å². The van der Waals surface area contributed by atoms with Gasteiger partial charge in [-0.05, 0) is 57.1 Å². The highest BCUT2D eigenvalue weighted by Crippen LogP contribution is 2.16. The van der Waals surface area contributed by atoms with Crippen LogP contribution in [0.3, 0.4) is 0 Å². The SMILES string of the molecule is CC(COc1ccc(N)cc1)N1CCCC1. The van der Waals surface area contributed by atoms with Gasteiger partial charge in [0.15, 0.2) is 0 Å². The molecule has 1 atom stereocenters. The van der Waals surface area contributed by atoms with E-state index in [1.807, 2.05) is 24.3 Å². The van der Waals surface area contributed by atoms with Gasteiger partial charge in [-0.2, -0.15) is 0 Å². The molecule has 0 radical (unpaired) electrons. The summed E-state index contributed by atoms with van der Waals surface area (Å²) in [6.45, 7) is 5.41. The molecule has 0 saturated carbocycles. The van der Waals surface area contributed by atoms with Gasteiger partial charge in [-0.3, -0.25) is 4.90 Å². The molecule has 16 heavy (non-hydrogen) atoms. The first-order chi connectivity index (χ1) is 7.75. The lowest BCUT2D eigenvalue weighted by Crippen LogP contribution is -2.34. The van der Waals surface area contributed by atoms with Crippen molar-refractivity contribution in [3.8, 4) is 5.75 Å². The van der Waals surface area contributed by atoms with Gasteiger partial charge in [-0.25, -0.2) is 0 Å². The average molecular weight is 220 g/mol. The molecule has 2 rings (SSSR count). The molecule has 0 spiro atoms. The van der Waals surface area contributed by atoms with E-state index in [0.29, 0.717) is 6.04 Å². The van der Waals surface area contributed by atoms with Crippen LogP contribution in [0.15, 0.2) is 24.3 Å². The van der Waals surface area contributed by atoms with Crippen molar-refractivity contribution >= 4 is 5.69 Å². The first kappa shape index (κ1) is 11.3. The Kier molecular flexibility index (Phi) is 3.67. The van der Waals surface area contributed by atoms with Crippen molar-refractivity contribution in [1.29, 1.82) is 0 Å². The first-order valence-electron chi connectivity index (χ1n) is 5.98. The zero-order chi connectivity index (χ0) is 11.4. The fourth-order valence-corrected chi connectivity index (χ4v) is 2.07. The molecule has 0 bridgehead atoms. The number of ether oxygens (including phenoxy) is 1. The Balaban J connectivity index is 1.80. The lowest BCUT2D eigenvalue weighted by atomic mass is 10.3. The Hall–Kier alpha value is -1.22. The summed E-state index contributed by atoms with van der Waals surface area (Å²) in [5.41, 5.74) is 6.40. The molecule has 0 aliphatic carbocycles. The first-order valence-corrected chi connectivity index (χ1v) is 5.98. The second-order valence-electron chi connectivity index (χ2n) is 4.47. The summed E-state index contributed by atoms with van der Waals surface area (Å²) in [4.78, 5) is 2.48. The van der Waals surface area contributed by atoms with Gasteiger partial charge in [0, 0.05) is 11.7 Å². The van der Waals surface area contributed by atoms with Crippen LogP contribution in [-0.2, 0) is 0 Å². The smallest absolute Gasteiger partial charge is 0.119 e. The van der Waals surface area contributed by atoms with Crippen LogP contribution in [0.1, 0.15) is 19.8 Å². The van der Waals surface area contributed by atoms with Gasteiger partial charge >= 0.3 is 0 Å². The monoisotopic (exact) mass is 220 g/mol. The predicted octanol–water partition coefficient (Wildman–Crippen LogP) is 2.13. The van der Waals surface area contributed by atoms with Crippen LogP contribution >= 0.6 is 0 Å². The van der Waals surface area contributed by atoms with Crippen LogP contribution < -0.4 is 10.5 Å². The van der Waals surface area contributed by atoms with Crippen molar-refractivity contribution < 1.29 is 4.74 Å². The predicted molar refractivity (Wildman–Crippen MR) is 66.6 cm³/mol. The highest BCUT2D eigenvalue weighted by Gasteiger charge is 2.18. The van der Waals surface area contributed by atoms with E-state index in [0.717, 1.165) is 18.0 Å². The van der Waals surface area contributed by atoms with E-state index in [-0.39, 0.29) is 0 Å². The minimum absolute atomic E-state index is 0.500. The number of likely N-dealkylation sites (tertiary alicyclic amines) is 1. The lowest BCUT2D eigenvalue weighted by Gasteiger charge is -2.23. The normalized spacial score (nSPS) is 18.6. The van der Waals surface area contributed by atoms with Crippen LogP contribution in [0.25, 0.3) is 0 Å². The molecule has 0 aromatic heterocycles. The molecular weight excluding hydrogens is 200 g/mol. The third-order valence-corrected chi connectivity index (χ3v) is 3.14. The number of rotatable bonds is 4. The summed E-state index contributed by atoms with van der Waals surface area (Å²) in [7, 11) is 0. The summed E-state index contributed by atoms with van der Waals surface area (Å²) in [5.74, 6) is 0.903. The van der Waals surface area contributed by atoms with Gasteiger partial charge in [0.05, 0.1) is 0 Å². The van der Waals surface area contributed by atoms with Crippen molar-refractivity contribution in [3.63, 3.8) is 0 Å². The Labute approximate surface area is 97.2 Å². The topological polar surface area (TPSA) is 38.5 Å². The number of anilines is 1. The third kappa shape index (κ3) is 2.89. The zero-order valence-electron chi connectivity index (χ0n) is 9.86. The summed E-state index contributed by atoms with van der Waals surface area (Å²) in [6.07, 6.45) is 2.65. The molecule has 1 heterocycles. The summed E-state index contributed by atoms with van der Waals surface area (Å²) in [6, 6.07) is 8.09. The number of nitrogens with zero attached hydrogens (tertiary/aromatic N) is 1. The molecule has 1 aromatic rings. The summed E-state index contributed by atoms with van der Waals surface area (Å²) < 4.78 is 5.74. The Morgan fingerprint density at radius 3 is 2.50 bits per heavy atom. The van der Waals surface area contributed by atoms with E-state index < -0.39 is 0 Å². The van der Waals surface area contributed by atoms with Crippen LogP contribution in [0.4, 0.5) is 5.69 Å². The standard InChI is InChI=1S/C13H20N2O/c1-11(15-8-2-3-9-15)10-16-13-6-4-12(14)5-7-13/h4-7,11H,2-3,8-10,14H2,1H3. The van der Waals surface area contributed by atoms with Gasteiger partial charge in [0.2, 0.25) is 0 Å². The largest absolute Gasteiger partial charge is 0.492 e. The molecule has 1 saturated heterocycles. The van der Waals surface area contributed by atoms with Gasteiger partial charge in [0.1, 0.15) is 12.4 Å². The molecule has 1 aromatic carbocycles. The number of hydrogen-bond donors (Lipinski definition) is 1. The second-order valence-corrected chi connectivity index (χ2v) is 4.47. The van der Waals surface area contributed by atoms with Crippen LogP contribution in [0.2, 0.25) is 0 Å². The molecule has 88 valence electrons. The highest BCUT2D eigenvalue weighted by atomic mass is 16.5. The van der Waals surface area contributed by atoms with E-state index in [1.165, 1.54) is 25.9 Å². The molecule has 1 unspecified atom stereocenters. The van der Waals surface area contributed by atoms with Gasteiger partial charge in [-0.1, -0.05) is 0 Å². The van der Waals surface area contributed by atoms with Crippen molar-refractivity contribution in [2.45, 2.75) is 25.8 Å². The fraction of sp³-hybridized carbons (Fsp3) is 0.538. The van der Waals surface area contributed by atoms with Gasteiger partial charge < -0.3 is 10.5 Å². The van der Waals surface area contributed by atoms with E-state index in [9.17, 15) is 0 Å². The number of benzene rings is 1. The molecule has 1 aliphatic heterocycles. The average Bonchev–Trinajstić information content (AvgIpc) is 2.81. The molecule has 3 nitrogen and oxygen atoms in total. The molecule has 1 aliphatic rings. The molecule has 2 N–H and O–H groups in total. The Morgan fingerprint density at radius 2 is 1.88 bits per heavy atom. The van der Waals surface area contributed by atoms with E-state index >= 15 is 0 Å². The third-order valence-electron chi connectivity index (χ3n) is 3.14. The maximum Gasteiger partial charge on any atom is 0.119 e.